The summed E-state index contributed by atoms with van der Waals surface area (Å²) in [4.78, 5) is 37.7. The molecular weight excluding hydrogens is 964 g/mol. The number of likely N-dealkylation sites (N-methyl/N-ethyl adjacent to an activating group) is 1. The van der Waals surface area contributed by atoms with Crippen molar-refractivity contribution in [1.29, 1.82) is 0 Å². The van der Waals surface area contributed by atoms with E-state index in [9.17, 15) is 19.0 Å². The summed E-state index contributed by atoms with van der Waals surface area (Å²) in [6.07, 6.45) is 71.9. The van der Waals surface area contributed by atoms with Crippen LogP contribution in [0.3, 0.4) is 0 Å². The molecule has 10 heteroatoms. The Morgan fingerprint density at radius 3 is 1.38 bits per heavy atom. The molecule has 0 fully saturated rings. The lowest BCUT2D eigenvalue weighted by molar-refractivity contribution is -0.870. The van der Waals surface area contributed by atoms with Gasteiger partial charge in [0.05, 0.1) is 33.8 Å². The number of rotatable bonds is 57. The maximum Gasteiger partial charge on any atom is 0.472 e. The minimum atomic E-state index is -4.45. The molecule has 0 aliphatic rings. The molecule has 0 saturated heterocycles. The molecule has 0 aromatic rings. The van der Waals surface area contributed by atoms with Crippen molar-refractivity contribution in [3.05, 3.63) is 72.9 Å². The van der Waals surface area contributed by atoms with E-state index in [1.165, 1.54) is 167 Å². The number of allylic oxidation sites excluding steroid dienone is 11. The summed E-state index contributed by atoms with van der Waals surface area (Å²) in [6.45, 7) is 6.86. The Bertz CT molecular complexity index is 1530. The zero-order valence-corrected chi connectivity index (χ0v) is 51.4. The second-order valence-electron chi connectivity index (χ2n) is 22.6. The lowest BCUT2D eigenvalue weighted by Gasteiger charge is -2.27. The first-order chi connectivity index (χ1) is 36.9. The average Bonchev–Trinajstić information content (AvgIpc) is 3.38. The number of esters is 1. The number of hydrogen-bond acceptors (Lipinski definition) is 6. The highest BCUT2D eigenvalue weighted by Crippen LogP contribution is 2.43. The van der Waals surface area contributed by atoms with Crippen molar-refractivity contribution in [1.82, 2.24) is 5.32 Å². The number of quaternary nitrogens is 1. The van der Waals surface area contributed by atoms with Gasteiger partial charge in [0.25, 0.3) is 0 Å². The molecule has 0 spiro atoms. The zero-order chi connectivity index (χ0) is 55.7. The van der Waals surface area contributed by atoms with E-state index in [0.29, 0.717) is 17.4 Å². The molecule has 9 nitrogen and oxygen atoms in total. The van der Waals surface area contributed by atoms with E-state index in [1.807, 2.05) is 33.3 Å². The van der Waals surface area contributed by atoms with E-state index in [4.69, 9.17) is 13.8 Å². The molecule has 0 rings (SSSR count). The van der Waals surface area contributed by atoms with Crippen LogP contribution in [-0.2, 0) is 27.9 Å². The van der Waals surface area contributed by atoms with Crippen molar-refractivity contribution >= 4 is 19.7 Å². The lowest BCUT2D eigenvalue weighted by atomic mass is 10.0. The number of unbranched alkanes of at least 4 members (excludes halogenated alkanes) is 33. The van der Waals surface area contributed by atoms with Gasteiger partial charge < -0.3 is 19.4 Å². The van der Waals surface area contributed by atoms with Crippen LogP contribution < -0.4 is 5.32 Å². The Kier molecular flexibility index (Phi) is 53.9. The zero-order valence-electron chi connectivity index (χ0n) is 50.5. The number of amides is 1. The summed E-state index contributed by atoms with van der Waals surface area (Å²) < 4.78 is 30.7. The Morgan fingerprint density at radius 1 is 0.487 bits per heavy atom. The van der Waals surface area contributed by atoms with E-state index in [-0.39, 0.29) is 31.5 Å². The third-order valence-electron chi connectivity index (χ3n) is 13.9. The van der Waals surface area contributed by atoms with Crippen LogP contribution in [0, 0.1) is 0 Å². The van der Waals surface area contributed by atoms with Gasteiger partial charge in [0.2, 0.25) is 5.91 Å². The van der Waals surface area contributed by atoms with Gasteiger partial charge in [0.15, 0.2) is 0 Å². The molecule has 0 bridgehead atoms. The Balaban J connectivity index is 5.16. The van der Waals surface area contributed by atoms with Crippen LogP contribution in [0.4, 0.5) is 0 Å². The normalized spacial score (nSPS) is 14.1. The largest absolute Gasteiger partial charge is 0.472 e. The molecule has 0 saturated carbocycles. The highest BCUT2D eigenvalue weighted by Gasteiger charge is 2.30. The fraction of sp³-hybridized carbons (Fsp3) is 0.788. The highest BCUT2D eigenvalue weighted by atomic mass is 31.2. The highest BCUT2D eigenvalue weighted by molar-refractivity contribution is 7.47. The van der Waals surface area contributed by atoms with E-state index in [2.05, 4.69) is 86.8 Å². The van der Waals surface area contributed by atoms with Crippen LogP contribution in [0.15, 0.2) is 72.9 Å². The van der Waals surface area contributed by atoms with Gasteiger partial charge in [-0.1, -0.05) is 261 Å². The summed E-state index contributed by atoms with van der Waals surface area (Å²) in [7, 11) is 1.48. The van der Waals surface area contributed by atoms with Crippen LogP contribution in [0.25, 0.3) is 0 Å². The predicted molar refractivity (Wildman–Crippen MR) is 328 cm³/mol. The van der Waals surface area contributed by atoms with Crippen molar-refractivity contribution in [2.75, 3.05) is 40.9 Å². The first kappa shape index (κ1) is 73.5. The number of hydrogen-bond donors (Lipinski definition) is 2. The van der Waals surface area contributed by atoms with E-state index in [0.717, 1.165) is 83.5 Å². The lowest BCUT2D eigenvalue weighted by Crippen LogP contribution is -2.47. The second kappa shape index (κ2) is 55.8. The second-order valence-corrected chi connectivity index (χ2v) is 24.1. The standard InChI is InChI=1S/C66H121N2O7P/c1-7-10-13-16-19-22-25-28-30-31-32-33-34-35-36-37-39-41-44-47-50-53-56-59-66(70)75-64(57-54-51-48-45-42-27-24-21-18-15-12-9-3)63(62-74-76(71,72)73-61-60-68(4,5)6)67-65(69)58-55-52-49-46-43-40-38-29-26-23-20-17-14-11-8-2/h11,14,17,19-20,22-23,26,28,30,54,57,63-64H,7-10,12-13,15-16,18,21,24-25,27,29,31-53,55-56,58-62H2,1-6H3,(H-,67,69,71,72)/p+1/b14-11+,20-17+,22-19-,26-23+,30-28-,57-54-. The SMILES string of the molecule is CC/C=C/C=C/C=C/CCCCCCCCCC(=O)NC(COP(=O)(O)OCC[N+](C)(C)C)C(/C=C\CCCCCCCCCCCC)OC(=O)CCCCCCCCCCCCCCC/C=C\C/C=C\CCCCC. The first-order valence-electron chi connectivity index (χ1n) is 31.8. The van der Waals surface area contributed by atoms with Crippen LogP contribution in [0.1, 0.15) is 284 Å². The number of phosphoric ester groups is 1. The van der Waals surface area contributed by atoms with Crippen molar-refractivity contribution in [2.45, 2.75) is 296 Å². The molecule has 442 valence electrons. The summed E-state index contributed by atoms with van der Waals surface area (Å²) >= 11 is 0. The van der Waals surface area contributed by atoms with Crippen LogP contribution in [0.2, 0.25) is 0 Å². The number of carbonyl (C=O) groups excluding carboxylic acids is 2. The van der Waals surface area contributed by atoms with E-state index in [1.54, 1.807) is 0 Å². The fourth-order valence-electron chi connectivity index (χ4n) is 9.03. The summed E-state index contributed by atoms with van der Waals surface area (Å²) in [5.74, 6) is -0.516. The van der Waals surface area contributed by atoms with Gasteiger partial charge in [-0.15, -0.1) is 0 Å². The van der Waals surface area contributed by atoms with Gasteiger partial charge in [0, 0.05) is 12.8 Å². The molecule has 0 aromatic heterocycles. The van der Waals surface area contributed by atoms with Crippen LogP contribution in [-0.4, -0.2) is 74.3 Å². The molecule has 0 radical (unpaired) electrons. The number of ether oxygens (including phenoxy) is 1. The molecule has 76 heavy (non-hydrogen) atoms. The summed E-state index contributed by atoms with van der Waals surface area (Å²) in [6, 6.07) is -0.856. The van der Waals surface area contributed by atoms with Crippen molar-refractivity contribution < 1.29 is 37.3 Å². The Morgan fingerprint density at radius 2 is 0.895 bits per heavy atom. The van der Waals surface area contributed by atoms with Crippen LogP contribution >= 0.6 is 7.82 Å². The maximum atomic E-state index is 13.5. The number of nitrogens with one attached hydrogen (secondary N) is 1. The van der Waals surface area contributed by atoms with E-state index >= 15 is 0 Å². The van der Waals surface area contributed by atoms with Gasteiger partial charge in [-0.2, -0.15) is 0 Å². The molecule has 1 amide bonds. The van der Waals surface area contributed by atoms with E-state index < -0.39 is 20.0 Å². The number of phosphoric acid groups is 1. The van der Waals surface area contributed by atoms with Gasteiger partial charge in [-0.3, -0.25) is 18.6 Å². The molecule has 0 aliphatic carbocycles. The average molecular weight is 1090 g/mol. The monoisotopic (exact) mass is 1090 g/mol. The van der Waals surface area contributed by atoms with Gasteiger partial charge in [0.1, 0.15) is 19.3 Å². The smallest absolute Gasteiger partial charge is 0.456 e. The third kappa shape index (κ3) is 56.2. The predicted octanol–water partition coefficient (Wildman–Crippen LogP) is 19.6. The quantitative estimate of drug-likeness (QED) is 0.0156. The van der Waals surface area contributed by atoms with Crippen molar-refractivity contribution in [2.24, 2.45) is 0 Å². The Labute approximate surface area is 470 Å². The molecule has 0 aromatic carbocycles. The third-order valence-corrected chi connectivity index (χ3v) is 14.9. The van der Waals surface area contributed by atoms with Crippen molar-refractivity contribution in [3.8, 4) is 0 Å². The fourth-order valence-corrected chi connectivity index (χ4v) is 9.77. The molecule has 0 aliphatic heterocycles. The minimum absolute atomic E-state index is 0.0358. The van der Waals surface area contributed by atoms with Gasteiger partial charge >= 0.3 is 13.8 Å². The van der Waals surface area contributed by atoms with Crippen molar-refractivity contribution in [3.63, 3.8) is 0 Å². The maximum absolute atomic E-state index is 13.5. The Hall–Kier alpha value is -2.55. The van der Waals surface area contributed by atoms with Gasteiger partial charge in [-0.05, 0) is 83.1 Å². The minimum Gasteiger partial charge on any atom is -0.456 e. The summed E-state index contributed by atoms with van der Waals surface area (Å²) in [5, 5.41) is 3.05. The first-order valence-corrected chi connectivity index (χ1v) is 33.3. The number of nitrogens with zero attached hydrogens (tertiary/aromatic N) is 1. The molecule has 0 heterocycles. The molecule has 3 atom stereocenters. The molecular formula is C66H122N2O7P+. The summed E-state index contributed by atoms with van der Waals surface area (Å²) in [5.41, 5.74) is 0. The topological polar surface area (TPSA) is 111 Å². The molecule has 3 unspecified atom stereocenters. The molecule has 2 N–H and O–H groups in total. The van der Waals surface area contributed by atoms with Gasteiger partial charge in [-0.25, -0.2) is 4.57 Å². The number of carbonyl (C=O) groups is 2. The van der Waals surface area contributed by atoms with Crippen LogP contribution in [0.5, 0.6) is 0 Å².